The lowest BCUT2D eigenvalue weighted by atomic mass is 10.0. The van der Waals surface area contributed by atoms with Gasteiger partial charge in [-0.25, -0.2) is 4.68 Å². The minimum Gasteiger partial charge on any atom is -0.497 e. The van der Waals surface area contributed by atoms with E-state index >= 15 is 0 Å². The van der Waals surface area contributed by atoms with Gasteiger partial charge in [-0.1, -0.05) is 5.16 Å². The van der Waals surface area contributed by atoms with Crippen molar-refractivity contribution in [3.05, 3.63) is 53.0 Å². The molecule has 9 heteroatoms. The Kier molecular flexibility index (Phi) is 5.03. The number of anilines is 1. The van der Waals surface area contributed by atoms with Gasteiger partial charge in [-0.3, -0.25) is 9.59 Å². The van der Waals surface area contributed by atoms with Gasteiger partial charge in [0.25, 0.3) is 5.91 Å². The van der Waals surface area contributed by atoms with Gasteiger partial charge in [-0.2, -0.15) is 5.10 Å². The molecule has 0 spiro atoms. The van der Waals surface area contributed by atoms with Crippen LogP contribution in [-0.4, -0.2) is 51.2 Å². The van der Waals surface area contributed by atoms with E-state index in [0.717, 1.165) is 6.42 Å². The molecule has 0 saturated carbocycles. The molecule has 2 N–H and O–H groups in total. The quantitative estimate of drug-likeness (QED) is 0.644. The smallest absolute Gasteiger partial charge is 0.259 e. The number of hydrogen-bond acceptors (Lipinski definition) is 7. The van der Waals surface area contributed by atoms with Crippen LogP contribution in [0.5, 0.6) is 5.75 Å². The number of nitrogen functional groups attached to an aromatic ring is 1. The van der Waals surface area contributed by atoms with E-state index in [4.69, 9.17) is 15.0 Å². The summed E-state index contributed by atoms with van der Waals surface area (Å²) in [6, 6.07) is 6.60. The minimum atomic E-state index is -0.595. The van der Waals surface area contributed by atoms with Crippen molar-refractivity contribution in [3.8, 4) is 11.4 Å². The van der Waals surface area contributed by atoms with Gasteiger partial charge in [-0.05, 0) is 51.0 Å². The second-order valence-electron chi connectivity index (χ2n) is 7.27. The van der Waals surface area contributed by atoms with Crippen molar-refractivity contribution in [1.82, 2.24) is 19.8 Å². The number of rotatable bonds is 5. The second-order valence-corrected chi connectivity index (χ2v) is 7.27. The summed E-state index contributed by atoms with van der Waals surface area (Å²) in [6.45, 7) is 3.90. The van der Waals surface area contributed by atoms with Crippen LogP contribution in [-0.2, 0) is 0 Å². The predicted molar refractivity (Wildman–Crippen MR) is 109 cm³/mol. The highest BCUT2D eigenvalue weighted by Gasteiger charge is 2.38. The van der Waals surface area contributed by atoms with Crippen molar-refractivity contribution in [2.24, 2.45) is 0 Å². The fraction of sp³-hybridized carbons (Fsp3) is 0.333. The van der Waals surface area contributed by atoms with E-state index in [2.05, 4.69) is 10.3 Å². The van der Waals surface area contributed by atoms with Crippen molar-refractivity contribution in [2.75, 3.05) is 19.4 Å². The fourth-order valence-corrected chi connectivity index (χ4v) is 3.87. The first kappa shape index (κ1) is 19.7. The summed E-state index contributed by atoms with van der Waals surface area (Å²) in [7, 11) is 1.59. The van der Waals surface area contributed by atoms with Crippen LogP contribution in [0.2, 0.25) is 0 Å². The van der Waals surface area contributed by atoms with Gasteiger partial charge in [0.15, 0.2) is 5.78 Å². The number of ketones is 1. The number of aromatic nitrogens is 3. The molecular weight excluding hydrogens is 386 g/mol. The van der Waals surface area contributed by atoms with E-state index in [-0.39, 0.29) is 17.5 Å². The standard InChI is InChI=1S/C21H23N5O4/c1-12-18(13(2)30-24-12)21(28)25-10-4-5-17(25)19(27)16-11-23-26(20(16)22)14-6-8-15(29-3)9-7-14/h6-9,11,17H,4-5,10,22H2,1-3H3. The maximum Gasteiger partial charge on any atom is 0.259 e. The highest BCUT2D eigenvalue weighted by Crippen LogP contribution is 2.28. The summed E-state index contributed by atoms with van der Waals surface area (Å²) in [6.07, 6.45) is 2.76. The minimum absolute atomic E-state index is 0.218. The van der Waals surface area contributed by atoms with Gasteiger partial charge >= 0.3 is 0 Å². The van der Waals surface area contributed by atoms with Crippen LogP contribution in [0.4, 0.5) is 5.82 Å². The maximum atomic E-state index is 13.3. The topological polar surface area (TPSA) is 116 Å². The first-order valence-electron chi connectivity index (χ1n) is 9.68. The third kappa shape index (κ3) is 3.22. The third-order valence-corrected chi connectivity index (χ3v) is 5.45. The number of hydrogen-bond donors (Lipinski definition) is 1. The normalized spacial score (nSPS) is 16.1. The summed E-state index contributed by atoms with van der Waals surface area (Å²) in [5.74, 6) is 0.928. The highest BCUT2D eigenvalue weighted by atomic mass is 16.5. The summed E-state index contributed by atoms with van der Waals surface area (Å²) < 4.78 is 11.8. The Hall–Kier alpha value is -3.62. The van der Waals surface area contributed by atoms with Crippen molar-refractivity contribution >= 4 is 17.5 Å². The van der Waals surface area contributed by atoms with Gasteiger partial charge in [-0.15, -0.1) is 0 Å². The molecule has 2 aromatic heterocycles. The van der Waals surface area contributed by atoms with E-state index in [1.807, 2.05) is 0 Å². The molecule has 0 radical (unpaired) electrons. The number of benzene rings is 1. The molecule has 30 heavy (non-hydrogen) atoms. The number of carbonyl (C=O) groups is 2. The van der Waals surface area contributed by atoms with E-state index in [9.17, 15) is 9.59 Å². The van der Waals surface area contributed by atoms with Crippen molar-refractivity contribution < 1.29 is 18.8 Å². The highest BCUT2D eigenvalue weighted by molar-refractivity contribution is 6.07. The number of aryl methyl sites for hydroxylation is 2. The molecule has 1 amide bonds. The van der Waals surface area contributed by atoms with E-state index in [1.165, 1.54) is 10.9 Å². The maximum absolute atomic E-state index is 13.3. The zero-order valence-corrected chi connectivity index (χ0v) is 17.1. The van der Waals surface area contributed by atoms with Gasteiger partial charge < -0.3 is 19.9 Å². The lowest BCUT2D eigenvalue weighted by molar-refractivity contribution is 0.0670. The van der Waals surface area contributed by atoms with Crippen LogP contribution in [0.15, 0.2) is 35.0 Å². The molecule has 4 rings (SSSR count). The van der Waals surface area contributed by atoms with Crippen LogP contribution in [0.1, 0.15) is 45.0 Å². The number of carbonyl (C=O) groups excluding carboxylic acids is 2. The number of amides is 1. The zero-order chi connectivity index (χ0) is 21.4. The molecule has 1 aliphatic heterocycles. The fourth-order valence-electron chi connectivity index (χ4n) is 3.87. The van der Waals surface area contributed by atoms with Crippen LogP contribution in [0.25, 0.3) is 5.69 Å². The Morgan fingerprint density at radius 2 is 1.97 bits per heavy atom. The molecule has 3 heterocycles. The predicted octanol–water partition coefficient (Wildman–Crippen LogP) is 2.56. The molecule has 1 aromatic carbocycles. The van der Waals surface area contributed by atoms with E-state index < -0.39 is 6.04 Å². The van der Waals surface area contributed by atoms with Gasteiger partial charge in [0.05, 0.1) is 36.3 Å². The van der Waals surface area contributed by atoms with Gasteiger partial charge in [0.2, 0.25) is 0 Å². The molecule has 1 aliphatic rings. The number of ether oxygens (including phenoxy) is 1. The summed E-state index contributed by atoms with van der Waals surface area (Å²) in [5, 5.41) is 8.13. The Bertz CT molecular complexity index is 1080. The molecule has 1 atom stereocenters. The number of nitrogens with zero attached hydrogens (tertiary/aromatic N) is 4. The van der Waals surface area contributed by atoms with Crippen LogP contribution in [0.3, 0.4) is 0 Å². The average Bonchev–Trinajstić information content (AvgIpc) is 3.46. The molecule has 0 aliphatic carbocycles. The first-order chi connectivity index (χ1) is 14.4. The van der Waals surface area contributed by atoms with E-state index in [1.54, 1.807) is 50.1 Å². The molecule has 3 aromatic rings. The summed E-state index contributed by atoms with van der Waals surface area (Å²) >= 11 is 0. The summed E-state index contributed by atoms with van der Waals surface area (Å²) in [4.78, 5) is 27.9. The monoisotopic (exact) mass is 409 g/mol. The van der Waals surface area contributed by atoms with Crippen LogP contribution < -0.4 is 10.5 Å². The molecular formula is C21H23N5O4. The molecule has 156 valence electrons. The van der Waals surface area contributed by atoms with Crippen molar-refractivity contribution in [2.45, 2.75) is 32.7 Å². The molecule has 0 bridgehead atoms. The van der Waals surface area contributed by atoms with Crippen LogP contribution in [0, 0.1) is 13.8 Å². The first-order valence-corrected chi connectivity index (χ1v) is 9.68. The van der Waals surface area contributed by atoms with Gasteiger partial charge in [0, 0.05) is 6.54 Å². The van der Waals surface area contributed by atoms with E-state index in [0.29, 0.717) is 47.0 Å². The SMILES string of the molecule is COc1ccc(-n2ncc(C(=O)C3CCCN3C(=O)c3c(C)noc3C)c2N)cc1. The Labute approximate surface area is 173 Å². The zero-order valence-electron chi connectivity index (χ0n) is 17.1. The van der Waals surface area contributed by atoms with Crippen LogP contribution >= 0.6 is 0 Å². The Balaban J connectivity index is 1.61. The second kappa shape index (κ2) is 7.66. The number of likely N-dealkylation sites (tertiary alicyclic amines) is 1. The van der Waals surface area contributed by atoms with Crippen molar-refractivity contribution in [1.29, 1.82) is 0 Å². The summed E-state index contributed by atoms with van der Waals surface area (Å²) in [5.41, 5.74) is 8.20. The number of Topliss-reactive ketones (excluding diaryl/α,β-unsaturated/α-hetero) is 1. The molecule has 9 nitrogen and oxygen atoms in total. The third-order valence-electron chi connectivity index (χ3n) is 5.45. The average molecular weight is 409 g/mol. The molecule has 1 saturated heterocycles. The lowest BCUT2D eigenvalue weighted by Crippen LogP contribution is -2.41. The number of methoxy groups -OCH3 is 1. The molecule has 1 unspecified atom stereocenters. The Morgan fingerprint density at radius 1 is 1.23 bits per heavy atom. The lowest BCUT2D eigenvalue weighted by Gasteiger charge is -2.23. The largest absolute Gasteiger partial charge is 0.497 e. The number of nitrogens with two attached hydrogens (primary N) is 1. The Morgan fingerprint density at radius 3 is 2.60 bits per heavy atom. The van der Waals surface area contributed by atoms with Crippen molar-refractivity contribution in [3.63, 3.8) is 0 Å². The van der Waals surface area contributed by atoms with Gasteiger partial charge in [0.1, 0.15) is 22.9 Å². The molecule has 1 fully saturated rings.